The fraction of sp³-hybridized carbons (Fsp3) is 0.500. The standard InChI is InChI=1S/C12H18FN3O/c13-3-8-17-12-2-1-10(14)9-11(12)16-6-4-15-5-7-16/h1-2,9,15H,3-8,14H2. The number of nitrogens with zero attached hydrogens (tertiary/aromatic N) is 1. The molecule has 0 aliphatic carbocycles. The van der Waals surface area contributed by atoms with Crippen LogP contribution in [0.3, 0.4) is 0 Å². The zero-order valence-electron chi connectivity index (χ0n) is 9.79. The fourth-order valence-corrected chi connectivity index (χ4v) is 1.96. The molecular formula is C12H18FN3O. The highest BCUT2D eigenvalue weighted by Gasteiger charge is 2.15. The average molecular weight is 239 g/mol. The number of nitrogens with two attached hydrogens (primary N) is 1. The highest BCUT2D eigenvalue weighted by Crippen LogP contribution is 2.30. The van der Waals surface area contributed by atoms with Crippen LogP contribution in [0.25, 0.3) is 0 Å². The first-order valence-electron chi connectivity index (χ1n) is 5.85. The van der Waals surface area contributed by atoms with E-state index in [2.05, 4.69) is 10.2 Å². The summed E-state index contributed by atoms with van der Waals surface area (Å²) >= 11 is 0. The molecule has 4 nitrogen and oxygen atoms in total. The molecule has 0 aromatic heterocycles. The molecule has 1 aromatic carbocycles. The minimum Gasteiger partial charge on any atom is -0.489 e. The molecule has 0 bridgehead atoms. The third kappa shape index (κ3) is 3.00. The third-order valence-corrected chi connectivity index (χ3v) is 2.78. The lowest BCUT2D eigenvalue weighted by Gasteiger charge is -2.31. The second kappa shape index (κ2) is 5.72. The van der Waals surface area contributed by atoms with Crippen LogP contribution in [0, 0.1) is 0 Å². The molecule has 3 N–H and O–H groups in total. The van der Waals surface area contributed by atoms with Gasteiger partial charge < -0.3 is 20.7 Å². The van der Waals surface area contributed by atoms with Crippen molar-refractivity contribution in [2.75, 3.05) is 50.1 Å². The van der Waals surface area contributed by atoms with Crippen LogP contribution >= 0.6 is 0 Å². The van der Waals surface area contributed by atoms with Gasteiger partial charge in [-0.25, -0.2) is 4.39 Å². The molecule has 2 rings (SSSR count). The minimum atomic E-state index is -0.481. The molecule has 1 aliphatic heterocycles. The lowest BCUT2D eigenvalue weighted by molar-refractivity contribution is 0.273. The van der Waals surface area contributed by atoms with Crippen LogP contribution in [0.4, 0.5) is 15.8 Å². The molecular weight excluding hydrogens is 221 g/mol. The number of halogens is 1. The normalized spacial score (nSPS) is 15.9. The largest absolute Gasteiger partial charge is 0.489 e. The van der Waals surface area contributed by atoms with Crippen molar-refractivity contribution >= 4 is 11.4 Å². The van der Waals surface area contributed by atoms with Gasteiger partial charge in [0, 0.05) is 31.9 Å². The predicted octanol–water partition coefficient (Wildman–Crippen LogP) is 1.03. The Kier molecular flexibility index (Phi) is 4.03. The summed E-state index contributed by atoms with van der Waals surface area (Å²) in [7, 11) is 0. The molecule has 1 saturated heterocycles. The maximum atomic E-state index is 12.2. The van der Waals surface area contributed by atoms with E-state index in [0.717, 1.165) is 31.9 Å². The number of hydrogen-bond donors (Lipinski definition) is 2. The van der Waals surface area contributed by atoms with Gasteiger partial charge in [0.15, 0.2) is 0 Å². The lowest BCUT2D eigenvalue weighted by atomic mass is 10.2. The van der Waals surface area contributed by atoms with E-state index < -0.39 is 6.67 Å². The van der Waals surface area contributed by atoms with Crippen LogP contribution in [0.2, 0.25) is 0 Å². The first-order valence-corrected chi connectivity index (χ1v) is 5.85. The number of nitrogen functional groups attached to an aromatic ring is 1. The smallest absolute Gasteiger partial charge is 0.142 e. The molecule has 17 heavy (non-hydrogen) atoms. The third-order valence-electron chi connectivity index (χ3n) is 2.78. The number of alkyl halides is 1. The van der Waals surface area contributed by atoms with Crippen LogP contribution in [0.5, 0.6) is 5.75 Å². The van der Waals surface area contributed by atoms with Crippen LogP contribution in [-0.4, -0.2) is 39.5 Å². The average Bonchev–Trinajstić information content (AvgIpc) is 2.38. The second-order valence-electron chi connectivity index (χ2n) is 4.00. The highest BCUT2D eigenvalue weighted by molar-refractivity contribution is 5.65. The van der Waals surface area contributed by atoms with Crippen molar-refractivity contribution in [1.29, 1.82) is 0 Å². The Morgan fingerprint density at radius 1 is 1.35 bits per heavy atom. The Morgan fingerprint density at radius 2 is 2.12 bits per heavy atom. The van der Waals surface area contributed by atoms with Crippen molar-refractivity contribution in [3.05, 3.63) is 18.2 Å². The molecule has 1 fully saturated rings. The summed E-state index contributed by atoms with van der Waals surface area (Å²) in [6, 6.07) is 5.47. The maximum Gasteiger partial charge on any atom is 0.142 e. The van der Waals surface area contributed by atoms with Gasteiger partial charge in [-0.2, -0.15) is 0 Å². The quantitative estimate of drug-likeness (QED) is 0.770. The Morgan fingerprint density at radius 3 is 2.82 bits per heavy atom. The Balaban J connectivity index is 2.19. The summed E-state index contributed by atoms with van der Waals surface area (Å²) in [5, 5.41) is 3.29. The molecule has 0 radical (unpaired) electrons. The van der Waals surface area contributed by atoms with Gasteiger partial charge in [-0.3, -0.25) is 0 Å². The van der Waals surface area contributed by atoms with Crippen molar-refractivity contribution in [3.8, 4) is 5.75 Å². The van der Waals surface area contributed by atoms with E-state index in [4.69, 9.17) is 10.5 Å². The number of hydrogen-bond acceptors (Lipinski definition) is 4. The van der Waals surface area contributed by atoms with E-state index in [1.165, 1.54) is 0 Å². The van der Waals surface area contributed by atoms with Gasteiger partial charge in [0.25, 0.3) is 0 Å². The van der Waals surface area contributed by atoms with E-state index in [0.29, 0.717) is 11.4 Å². The first kappa shape index (κ1) is 12.0. The number of piperazine rings is 1. The summed E-state index contributed by atoms with van der Waals surface area (Å²) in [6.45, 7) is 3.31. The first-order chi connectivity index (χ1) is 8.31. The molecule has 0 atom stereocenters. The van der Waals surface area contributed by atoms with E-state index in [1.54, 1.807) is 6.07 Å². The topological polar surface area (TPSA) is 50.5 Å². The van der Waals surface area contributed by atoms with Crippen molar-refractivity contribution in [3.63, 3.8) is 0 Å². The van der Waals surface area contributed by atoms with Crippen LogP contribution in [0.15, 0.2) is 18.2 Å². The zero-order chi connectivity index (χ0) is 12.1. The lowest BCUT2D eigenvalue weighted by Crippen LogP contribution is -2.43. The van der Waals surface area contributed by atoms with Crippen LogP contribution in [-0.2, 0) is 0 Å². The molecule has 5 heteroatoms. The van der Waals surface area contributed by atoms with Gasteiger partial charge in [0.05, 0.1) is 5.69 Å². The van der Waals surface area contributed by atoms with Gasteiger partial charge in [-0.1, -0.05) is 0 Å². The number of ether oxygens (including phenoxy) is 1. The predicted molar refractivity (Wildman–Crippen MR) is 67.4 cm³/mol. The van der Waals surface area contributed by atoms with Gasteiger partial charge in [-0.15, -0.1) is 0 Å². The van der Waals surface area contributed by atoms with Crippen molar-refractivity contribution in [1.82, 2.24) is 5.32 Å². The Labute approximate surface area is 101 Å². The molecule has 0 unspecified atom stereocenters. The summed E-state index contributed by atoms with van der Waals surface area (Å²) in [5.74, 6) is 0.707. The van der Waals surface area contributed by atoms with Gasteiger partial charge in [-0.05, 0) is 18.2 Å². The molecule has 1 heterocycles. The molecule has 94 valence electrons. The monoisotopic (exact) mass is 239 g/mol. The van der Waals surface area contributed by atoms with Gasteiger partial charge in [0.1, 0.15) is 19.0 Å². The molecule has 1 aliphatic rings. The second-order valence-corrected chi connectivity index (χ2v) is 4.00. The Hall–Kier alpha value is -1.49. The summed E-state index contributed by atoms with van der Waals surface area (Å²) in [6.07, 6.45) is 0. The van der Waals surface area contributed by atoms with E-state index in [1.807, 2.05) is 12.1 Å². The van der Waals surface area contributed by atoms with Crippen LogP contribution in [0.1, 0.15) is 0 Å². The van der Waals surface area contributed by atoms with Crippen molar-refractivity contribution < 1.29 is 9.13 Å². The number of anilines is 2. The molecule has 0 saturated carbocycles. The molecule has 1 aromatic rings. The Bertz CT molecular complexity index is 367. The fourth-order valence-electron chi connectivity index (χ4n) is 1.96. The highest BCUT2D eigenvalue weighted by atomic mass is 19.1. The summed E-state index contributed by atoms with van der Waals surface area (Å²) in [5.41, 5.74) is 7.45. The summed E-state index contributed by atoms with van der Waals surface area (Å²) in [4.78, 5) is 2.21. The SMILES string of the molecule is Nc1ccc(OCCF)c(N2CCNCC2)c1. The van der Waals surface area contributed by atoms with Gasteiger partial charge >= 0.3 is 0 Å². The minimum absolute atomic E-state index is 0.0863. The number of rotatable bonds is 4. The number of benzene rings is 1. The van der Waals surface area contributed by atoms with Crippen LogP contribution < -0.4 is 20.7 Å². The van der Waals surface area contributed by atoms with E-state index in [-0.39, 0.29) is 6.61 Å². The molecule has 0 amide bonds. The zero-order valence-corrected chi connectivity index (χ0v) is 9.79. The van der Waals surface area contributed by atoms with E-state index >= 15 is 0 Å². The van der Waals surface area contributed by atoms with Gasteiger partial charge in [0.2, 0.25) is 0 Å². The maximum absolute atomic E-state index is 12.2. The molecule has 0 spiro atoms. The van der Waals surface area contributed by atoms with Crippen molar-refractivity contribution in [2.24, 2.45) is 0 Å². The van der Waals surface area contributed by atoms with Crippen molar-refractivity contribution in [2.45, 2.75) is 0 Å². The number of nitrogens with one attached hydrogen (secondary N) is 1. The summed E-state index contributed by atoms with van der Waals surface area (Å²) < 4.78 is 17.6. The van der Waals surface area contributed by atoms with E-state index in [9.17, 15) is 4.39 Å².